The van der Waals surface area contributed by atoms with Crippen molar-refractivity contribution in [3.63, 3.8) is 0 Å². The number of aryl methyl sites for hydroxylation is 1. The number of nitrogens with zero attached hydrogens (tertiary/aromatic N) is 3. The van der Waals surface area contributed by atoms with Gasteiger partial charge in [-0.3, -0.25) is 0 Å². The third-order valence-corrected chi connectivity index (χ3v) is 6.14. The lowest BCUT2D eigenvalue weighted by molar-refractivity contribution is -0.445. The number of carbonyl (C=O) groups is 2. The SMILES string of the molecule is Cc1ccc2c(c1)C1=[N+](Cc3ccc(Cl)cc3)C(=O)N(c3ccccc3)C(=O)C1N2C. The van der Waals surface area contributed by atoms with E-state index in [1.54, 1.807) is 16.7 Å². The summed E-state index contributed by atoms with van der Waals surface area (Å²) in [6, 6.07) is 21.7. The fourth-order valence-electron chi connectivity index (χ4n) is 4.39. The molecule has 0 N–H and O–H groups in total. The molecule has 5 nitrogen and oxygen atoms in total. The van der Waals surface area contributed by atoms with Crippen LogP contribution in [0.15, 0.2) is 72.8 Å². The van der Waals surface area contributed by atoms with Crippen LogP contribution in [0.3, 0.4) is 0 Å². The molecule has 0 saturated heterocycles. The van der Waals surface area contributed by atoms with Crippen LogP contribution in [0.4, 0.5) is 16.2 Å². The molecule has 0 radical (unpaired) electrons. The second-order valence-corrected chi connectivity index (χ2v) is 8.36. The van der Waals surface area contributed by atoms with E-state index in [1.807, 2.05) is 73.5 Å². The van der Waals surface area contributed by atoms with Crippen molar-refractivity contribution in [2.24, 2.45) is 0 Å². The van der Waals surface area contributed by atoms with Crippen LogP contribution in [0.5, 0.6) is 0 Å². The molecular weight excluding hydrogens is 410 g/mol. The molecule has 0 bridgehead atoms. The Morgan fingerprint density at radius 1 is 0.968 bits per heavy atom. The highest BCUT2D eigenvalue weighted by Gasteiger charge is 2.55. The lowest BCUT2D eigenvalue weighted by atomic mass is 10.0. The minimum atomic E-state index is -0.568. The lowest BCUT2D eigenvalue weighted by Crippen LogP contribution is -2.60. The summed E-state index contributed by atoms with van der Waals surface area (Å²) >= 11 is 6.05. The molecule has 0 aromatic heterocycles. The van der Waals surface area contributed by atoms with Crippen LogP contribution in [-0.4, -0.2) is 35.3 Å². The third kappa shape index (κ3) is 3.13. The number of anilines is 2. The van der Waals surface area contributed by atoms with Crippen LogP contribution in [0.2, 0.25) is 5.02 Å². The Balaban J connectivity index is 1.72. The topological polar surface area (TPSA) is 43.6 Å². The first kappa shape index (κ1) is 19.5. The summed E-state index contributed by atoms with van der Waals surface area (Å²) in [7, 11) is 1.91. The maximum absolute atomic E-state index is 13.7. The number of likely N-dealkylation sites (N-methyl/N-ethyl adjacent to an activating group) is 1. The highest BCUT2D eigenvalue weighted by molar-refractivity contribution is 6.32. The number of benzene rings is 3. The number of rotatable bonds is 3. The Labute approximate surface area is 185 Å². The van der Waals surface area contributed by atoms with Crippen LogP contribution in [0, 0.1) is 6.92 Å². The molecule has 1 unspecified atom stereocenters. The van der Waals surface area contributed by atoms with E-state index in [0.29, 0.717) is 17.3 Å². The number of hydrogen-bond donors (Lipinski definition) is 0. The molecule has 2 aliphatic rings. The van der Waals surface area contributed by atoms with E-state index in [0.717, 1.165) is 28.1 Å². The van der Waals surface area contributed by atoms with Gasteiger partial charge in [0.15, 0.2) is 11.8 Å². The van der Waals surface area contributed by atoms with E-state index in [-0.39, 0.29) is 11.9 Å². The first-order chi connectivity index (χ1) is 15.0. The van der Waals surface area contributed by atoms with Gasteiger partial charge < -0.3 is 4.90 Å². The molecule has 5 rings (SSSR count). The second-order valence-electron chi connectivity index (χ2n) is 7.92. The van der Waals surface area contributed by atoms with Crippen LogP contribution in [0.1, 0.15) is 16.7 Å². The Kier molecular flexibility index (Phi) is 4.63. The van der Waals surface area contributed by atoms with E-state index < -0.39 is 6.04 Å². The highest BCUT2D eigenvalue weighted by atomic mass is 35.5. The zero-order valence-corrected chi connectivity index (χ0v) is 18.0. The van der Waals surface area contributed by atoms with Crippen molar-refractivity contribution in [2.75, 3.05) is 16.8 Å². The summed E-state index contributed by atoms with van der Waals surface area (Å²) in [6.07, 6.45) is 0. The van der Waals surface area contributed by atoms with Gasteiger partial charge in [-0.1, -0.05) is 53.6 Å². The van der Waals surface area contributed by atoms with Gasteiger partial charge in [-0.15, -0.1) is 4.90 Å². The number of halogens is 1. The number of hydrogen-bond acceptors (Lipinski definition) is 3. The van der Waals surface area contributed by atoms with Crippen LogP contribution in [-0.2, 0) is 11.3 Å². The highest BCUT2D eigenvalue weighted by Crippen LogP contribution is 2.36. The summed E-state index contributed by atoms with van der Waals surface area (Å²) in [5.74, 6) is -0.241. The largest absolute Gasteiger partial charge is 0.506 e. The number of fused-ring (bicyclic) bond motifs is 3. The van der Waals surface area contributed by atoms with Crippen molar-refractivity contribution in [1.82, 2.24) is 0 Å². The normalized spacial score (nSPS) is 17.8. The average molecular weight is 431 g/mol. The van der Waals surface area contributed by atoms with E-state index >= 15 is 0 Å². The zero-order chi connectivity index (χ0) is 21.7. The zero-order valence-electron chi connectivity index (χ0n) is 17.2. The maximum atomic E-state index is 13.7. The quantitative estimate of drug-likeness (QED) is 0.569. The van der Waals surface area contributed by atoms with Gasteiger partial charge in [0, 0.05) is 23.3 Å². The van der Waals surface area contributed by atoms with Gasteiger partial charge in [0.05, 0.1) is 0 Å². The lowest BCUT2D eigenvalue weighted by Gasteiger charge is -2.28. The van der Waals surface area contributed by atoms with Crippen molar-refractivity contribution in [3.05, 3.63) is 94.5 Å². The first-order valence-corrected chi connectivity index (χ1v) is 10.5. The van der Waals surface area contributed by atoms with Crippen LogP contribution in [0.25, 0.3) is 0 Å². The van der Waals surface area contributed by atoms with Gasteiger partial charge in [-0.25, -0.2) is 4.79 Å². The van der Waals surface area contributed by atoms with Gasteiger partial charge in [-0.05, 0) is 48.9 Å². The standard InChI is InChI=1S/C25H21ClN3O2/c1-16-8-13-21-20(14-16)22-23(27(21)2)24(30)29(19-6-4-3-5-7-19)25(31)28(22)15-17-9-11-18(26)12-10-17/h3-14,23H,15H2,1-2H3/q+1. The molecule has 3 aromatic rings. The van der Waals surface area contributed by atoms with E-state index in [2.05, 4.69) is 6.07 Å². The molecule has 6 heteroatoms. The second kappa shape index (κ2) is 7.36. The number of amides is 3. The molecular formula is C25H21ClN3O2+. The molecule has 0 saturated carbocycles. The third-order valence-electron chi connectivity index (χ3n) is 5.89. The predicted molar refractivity (Wildman–Crippen MR) is 122 cm³/mol. The molecule has 0 spiro atoms. The molecule has 0 aliphatic carbocycles. The molecule has 1 atom stereocenters. The van der Waals surface area contributed by atoms with Gasteiger partial charge >= 0.3 is 11.9 Å². The smallest absolute Gasteiger partial charge is 0.354 e. The summed E-state index contributed by atoms with van der Waals surface area (Å²) in [5.41, 5.74) is 5.20. The first-order valence-electron chi connectivity index (χ1n) is 10.1. The minimum Gasteiger partial charge on any atom is -0.354 e. The number of imide groups is 1. The van der Waals surface area contributed by atoms with Crippen LogP contribution < -0.4 is 9.80 Å². The van der Waals surface area contributed by atoms with Gasteiger partial charge in [0.2, 0.25) is 0 Å². The molecule has 31 heavy (non-hydrogen) atoms. The predicted octanol–water partition coefficient (Wildman–Crippen LogP) is 4.64. The molecule has 2 aliphatic heterocycles. The summed E-state index contributed by atoms with van der Waals surface area (Å²) < 4.78 is 1.73. The van der Waals surface area contributed by atoms with Crippen molar-refractivity contribution < 1.29 is 14.2 Å². The molecule has 154 valence electrons. The average Bonchev–Trinajstić information content (AvgIpc) is 3.05. The van der Waals surface area contributed by atoms with Gasteiger partial charge in [0.1, 0.15) is 12.2 Å². The molecule has 0 fully saturated rings. The van der Waals surface area contributed by atoms with Crippen LogP contribution >= 0.6 is 11.6 Å². The van der Waals surface area contributed by atoms with Crippen molar-refractivity contribution in [3.8, 4) is 0 Å². The van der Waals surface area contributed by atoms with E-state index in [1.165, 1.54) is 4.90 Å². The number of urea groups is 1. The number of para-hydroxylation sites is 1. The molecule has 3 aromatic carbocycles. The van der Waals surface area contributed by atoms with Gasteiger partial charge in [-0.2, -0.15) is 9.37 Å². The van der Waals surface area contributed by atoms with Crippen molar-refractivity contribution in [2.45, 2.75) is 19.5 Å². The molecule has 3 amide bonds. The summed E-state index contributed by atoms with van der Waals surface area (Å²) in [5, 5.41) is 0.641. The van der Waals surface area contributed by atoms with E-state index in [9.17, 15) is 9.59 Å². The monoisotopic (exact) mass is 430 g/mol. The Morgan fingerprint density at radius 3 is 2.39 bits per heavy atom. The fraction of sp³-hybridized carbons (Fsp3) is 0.160. The van der Waals surface area contributed by atoms with Crippen molar-refractivity contribution >= 4 is 40.6 Å². The Hall–Kier alpha value is -3.44. The van der Waals surface area contributed by atoms with Gasteiger partial charge in [0.25, 0.3) is 0 Å². The maximum Gasteiger partial charge on any atom is 0.506 e. The number of carbonyl (C=O) groups excluding carboxylic acids is 2. The summed E-state index contributed by atoms with van der Waals surface area (Å²) in [6.45, 7) is 2.36. The summed E-state index contributed by atoms with van der Waals surface area (Å²) in [4.78, 5) is 30.6. The Morgan fingerprint density at radius 2 is 1.68 bits per heavy atom. The van der Waals surface area contributed by atoms with E-state index in [4.69, 9.17) is 11.6 Å². The Bertz CT molecular complexity index is 1240. The molecule has 2 heterocycles. The minimum absolute atomic E-state index is 0.241. The van der Waals surface area contributed by atoms with Crippen molar-refractivity contribution in [1.29, 1.82) is 0 Å². The fourth-order valence-corrected chi connectivity index (χ4v) is 4.51.